The highest BCUT2D eigenvalue weighted by molar-refractivity contribution is 6.30. The van der Waals surface area contributed by atoms with Crippen LogP contribution >= 0.6 is 11.6 Å². The van der Waals surface area contributed by atoms with E-state index in [1.165, 1.54) is 37.4 Å². The van der Waals surface area contributed by atoms with Crippen molar-refractivity contribution in [3.8, 4) is 0 Å². The molecule has 1 atom stereocenters. The molecule has 0 spiro atoms. The number of furan rings is 1. The lowest BCUT2D eigenvalue weighted by Gasteiger charge is -2.10. The molecule has 4 nitrogen and oxygen atoms in total. The lowest BCUT2D eigenvalue weighted by atomic mass is 10.1. The van der Waals surface area contributed by atoms with Crippen LogP contribution in [0.1, 0.15) is 27.9 Å². The highest BCUT2D eigenvalue weighted by Gasteiger charge is 2.19. The van der Waals surface area contributed by atoms with Crippen molar-refractivity contribution in [2.45, 2.75) is 6.04 Å². The maximum Gasteiger partial charge on any atom is 0.373 e. The minimum absolute atomic E-state index is 0.00962. The van der Waals surface area contributed by atoms with Gasteiger partial charge in [-0.3, -0.25) is 0 Å². The van der Waals surface area contributed by atoms with Crippen LogP contribution in [0.3, 0.4) is 0 Å². The van der Waals surface area contributed by atoms with Gasteiger partial charge in [0.15, 0.2) is 0 Å². The monoisotopic (exact) mass is 283 g/mol. The van der Waals surface area contributed by atoms with Crippen molar-refractivity contribution in [2.75, 3.05) is 7.11 Å². The number of benzene rings is 1. The van der Waals surface area contributed by atoms with Crippen molar-refractivity contribution >= 4 is 17.6 Å². The number of ether oxygens (including phenoxy) is 1. The summed E-state index contributed by atoms with van der Waals surface area (Å²) in [4.78, 5) is 11.3. The van der Waals surface area contributed by atoms with Gasteiger partial charge in [-0.15, -0.1) is 0 Å². The average Bonchev–Trinajstić information content (AvgIpc) is 2.89. The zero-order valence-corrected chi connectivity index (χ0v) is 10.8. The summed E-state index contributed by atoms with van der Waals surface area (Å²) in [5.41, 5.74) is 6.09. The van der Waals surface area contributed by atoms with E-state index in [0.29, 0.717) is 5.02 Å². The van der Waals surface area contributed by atoms with Gasteiger partial charge >= 0.3 is 5.97 Å². The quantitative estimate of drug-likeness (QED) is 0.880. The number of esters is 1. The van der Waals surface area contributed by atoms with Crippen LogP contribution < -0.4 is 5.73 Å². The van der Waals surface area contributed by atoms with Crippen molar-refractivity contribution < 1.29 is 18.3 Å². The van der Waals surface area contributed by atoms with Crippen LogP contribution in [-0.4, -0.2) is 13.1 Å². The average molecular weight is 284 g/mol. The number of methoxy groups -OCH3 is 1. The Labute approximate surface area is 113 Å². The second-order valence-electron chi connectivity index (χ2n) is 3.84. The van der Waals surface area contributed by atoms with E-state index in [1.54, 1.807) is 0 Å². The molecule has 0 radical (unpaired) electrons. The summed E-state index contributed by atoms with van der Waals surface area (Å²) in [5, 5.41) is 0.367. The molecule has 1 unspecified atom stereocenters. The molecule has 0 aliphatic heterocycles. The zero-order valence-electron chi connectivity index (χ0n) is 10.0. The number of hydrogen-bond donors (Lipinski definition) is 1. The molecule has 0 saturated heterocycles. The van der Waals surface area contributed by atoms with Gasteiger partial charge in [0.2, 0.25) is 5.76 Å². The first-order valence-electron chi connectivity index (χ1n) is 5.41. The molecule has 0 saturated carbocycles. The molecule has 0 bridgehead atoms. The summed E-state index contributed by atoms with van der Waals surface area (Å²) in [5.74, 6) is -0.852. The summed E-state index contributed by atoms with van der Waals surface area (Å²) in [6.45, 7) is 0. The summed E-state index contributed by atoms with van der Waals surface area (Å²) in [6.07, 6.45) is 0. The number of carbonyl (C=O) groups is 1. The summed E-state index contributed by atoms with van der Waals surface area (Å²) >= 11 is 5.80. The van der Waals surface area contributed by atoms with Crippen molar-refractivity contribution in [1.82, 2.24) is 0 Å². The molecule has 2 rings (SSSR count). The summed E-state index contributed by atoms with van der Waals surface area (Å²) in [6, 6.07) is 6.14. The van der Waals surface area contributed by atoms with E-state index in [2.05, 4.69) is 4.74 Å². The fourth-order valence-corrected chi connectivity index (χ4v) is 1.82. The van der Waals surface area contributed by atoms with Crippen molar-refractivity contribution in [3.05, 3.63) is 58.3 Å². The van der Waals surface area contributed by atoms with Crippen molar-refractivity contribution in [3.63, 3.8) is 0 Å². The SMILES string of the molecule is COC(=O)c1ccc(C(N)c2cc(Cl)ccc2F)o1. The highest BCUT2D eigenvalue weighted by Crippen LogP contribution is 2.26. The van der Waals surface area contributed by atoms with Gasteiger partial charge in [0.25, 0.3) is 0 Å². The smallest absolute Gasteiger partial charge is 0.373 e. The Kier molecular flexibility index (Phi) is 3.87. The third-order valence-corrected chi connectivity index (χ3v) is 2.85. The first-order chi connectivity index (χ1) is 9.02. The Morgan fingerprint density at radius 2 is 2.16 bits per heavy atom. The molecule has 0 aliphatic rings. The molecular weight excluding hydrogens is 273 g/mol. The highest BCUT2D eigenvalue weighted by atomic mass is 35.5. The van der Waals surface area contributed by atoms with E-state index in [9.17, 15) is 9.18 Å². The number of rotatable bonds is 3. The lowest BCUT2D eigenvalue weighted by Crippen LogP contribution is -2.13. The molecule has 6 heteroatoms. The van der Waals surface area contributed by atoms with E-state index in [-0.39, 0.29) is 17.1 Å². The van der Waals surface area contributed by atoms with Crippen LogP contribution in [0.5, 0.6) is 0 Å². The van der Waals surface area contributed by atoms with Gasteiger partial charge in [0.05, 0.1) is 13.2 Å². The maximum absolute atomic E-state index is 13.7. The third kappa shape index (κ3) is 2.77. The molecule has 2 N–H and O–H groups in total. The van der Waals surface area contributed by atoms with E-state index < -0.39 is 17.8 Å². The first kappa shape index (κ1) is 13.6. The van der Waals surface area contributed by atoms with Crippen LogP contribution in [0.25, 0.3) is 0 Å². The maximum atomic E-state index is 13.7. The Balaban J connectivity index is 2.33. The molecule has 1 aromatic heterocycles. The van der Waals surface area contributed by atoms with E-state index in [0.717, 1.165) is 0 Å². The van der Waals surface area contributed by atoms with Crippen LogP contribution in [-0.2, 0) is 4.74 Å². The molecule has 19 heavy (non-hydrogen) atoms. The number of nitrogens with two attached hydrogens (primary N) is 1. The van der Waals surface area contributed by atoms with Crippen LogP contribution in [0.15, 0.2) is 34.7 Å². The summed E-state index contributed by atoms with van der Waals surface area (Å²) < 4.78 is 23.4. The largest absolute Gasteiger partial charge is 0.463 e. The predicted molar refractivity (Wildman–Crippen MR) is 67.5 cm³/mol. The molecule has 0 fully saturated rings. The van der Waals surface area contributed by atoms with Gasteiger partial charge < -0.3 is 14.9 Å². The Bertz CT molecular complexity index is 612. The van der Waals surface area contributed by atoms with E-state index in [4.69, 9.17) is 21.8 Å². The molecule has 2 aromatic rings. The lowest BCUT2D eigenvalue weighted by molar-refractivity contribution is 0.0562. The second-order valence-corrected chi connectivity index (χ2v) is 4.27. The van der Waals surface area contributed by atoms with Gasteiger partial charge in [-0.2, -0.15) is 0 Å². The predicted octanol–water partition coefficient (Wildman–Crippen LogP) is 2.91. The minimum atomic E-state index is -0.850. The number of halogens is 2. The van der Waals surface area contributed by atoms with Crippen LogP contribution in [0.4, 0.5) is 4.39 Å². The fraction of sp³-hybridized carbons (Fsp3) is 0.154. The van der Waals surface area contributed by atoms with Crippen molar-refractivity contribution in [1.29, 1.82) is 0 Å². The van der Waals surface area contributed by atoms with E-state index in [1.807, 2.05) is 0 Å². The van der Waals surface area contributed by atoms with Gasteiger partial charge in [-0.25, -0.2) is 9.18 Å². The Morgan fingerprint density at radius 1 is 1.42 bits per heavy atom. The molecular formula is C13H11ClFNO3. The topological polar surface area (TPSA) is 65.5 Å². The molecule has 100 valence electrons. The standard InChI is InChI=1S/C13H11ClFNO3/c1-18-13(17)11-5-4-10(19-11)12(16)8-6-7(14)2-3-9(8)15/h2-6,12H,16H2,1H3. The van der Waals surface area contributed by atoms with Crippen LogP contribution in [0, 0.1) is 5.82 Å². The number of hydrogen-bond acceptors (Lipinski definition) is 4. The Morgan fingerprint density at radius 3 is 2.84 bits per heavy atom. The molecule has 0 aliphatic carbocycles. The first-order valence-corrected chi connectivity index (χ1v) is 5.79. The second kappa shape index (κ2) is 5.42. The van der Waals surface area contributed by atoms with Crippen molar-refractivity contribution in [2.24, 2.45) is 5.73 Å². The fourth-order valence-electron chi connectivity index (χ4n) is 1.64. The van der Waals surface area contributed by atoms with Crippen LogP contribution in [0.2, 0.25) is 5.02 Å². The molecule has 1 aromatic carbocycles. The normalized spacial score (nSPS) is 12.2. The summed E-state index contributed by atoms with van der Waals surface area (Å²) in [7, 11) is 1.24. The van der Waals surface area contributed by atoms with Gasteiger partial charge in [0.1, 0.15) is 11.6 Å². The molecule has 1 heterocycles. The van der Waals surface area contributed by atoms with E-state index >= 15 is 0 Å². The Hall–Kier alpha value is -1.85. The van der Waals surface area contributed by atoms with Gasteiger partial charge in [-0.1, -0.05) is 11.6 Å². The minimum Gasteiger partial charge on any atom is -0.463 e. The zero-order chi connectivity index (χ0) is 14.0. The number of carbonyl (C=O) groups excluding carboxylic acids is 1. The van der Waals surface area contributed by atoms with Gasteiger partial charge in [-0.05, 0) is 30.3 Å². The molecule has 0 amide bonds. The third-order valence-electron chi connectivity index (χ3n) is 2.61. The van der Waals surface area contributed by atoms with Gasteiger partial charge in [0, 0.05) is 10.6 Å².